The van der Waals surface area contributed by atoms with Crippen molar-refractivity contribution in [3.63, 3.8) is 0 Å². The lowest BCUT2D eigenvalue weighted by atomic mass is 9.93. The van der Waals surface area contributed by atoms with E-state index in [2.05, 4.69) is 15.3 Å². The first-order valence-corrected chi connectivity index (χ1v) is 10.2. The molecule has 0 saturated heterocycles. The summed E-state index contributed by atoms with van der Waals surface area (Å²) in [6.07, 6.45) is 0.881. The van der Waals surface area contributed by atoms with Gasteiger partial charge in [-0.25, -0.2) is 20.1 Å². The Morgan fingerprint density at radius 1 is 1.10 bits per heavy atom. The quantitative estimate of drug-likeness (QED) is 0.800. The summed E-state index contributed by atoms with van der Waals surface area (Å²) in [6, 6.07) is 11.8. The molecule has 0 unspecified atom stereocenters. The average molecular weight is 418 g/mol. The van der Waals surface area contributed by atoms with Crippen LogP contribution in [0.5, 0.6) is 0 Å². The number of hydrogen-bond acceptors (Lipinski definition) is 2. The molecule has 1 aromatic heterocycles. The molecule has 1 aromatic carbocycles. The number of carbonyl (C=O) groups excluding carboxylic acids is 1. The number of aromatic amines is 1. The fourth-order valence-corrected chi connectivity index (χ4v) is 4.27. The number of H-pyrrole nitrogens is 1. The minimum Gasteiger partial charge on any atom is -0.248 e. The molecule has 1 atom stereocenters. The van der Waals surface area contributed by atoms with Crippen LogP contribution < -0.4 is 15.3 Å². The molecule has 5 nitrogen and oxygen atoms in total. The lowest BCUT2D eigenvalue weighted by Crippen LogP contribution is -2.94. The Labute approximate surface area is 173 Å². The van der Waals surface area contributed by atoms with E-state index >= 15 is 0 Å². The molecule has 0 bridgehead atoms. The number of rotatable bonds is 4. The largest absolute Gasteiger partial charge is 0.488 e. The lowest BCUT2D eigenvalue weighted by Gasteiger charge is -2.27. The van der Waals surface area contributed by atoms with Gasteiger partial charge in [0.05, 0.1) is 11.8 Å². The molecule has 1 aliphatic carbocycles. The Hall–Kier alpha value is -2.90. The van der Waals surface area contributed by atoms with E-state index in [1.807, 2.05) is 0 Å². The van der Waals surface area contributed by atoms with E-state index in [0.717, 1.165) is 24.8 Å². The number of nitrogens with zero attached hydrogens (tertiary/aromatic N) is 1. The average Bonchev–Trinajstić information content (AvgIpc) is 3.03. The number of nitrogens with one attached hydrogen (secondary N) is 3. The number of alkyl halides is 3. The van der Waals surface area contributed by atoms with E-state index in [1.165, 1.54) is 4.90 Å². The highest BCUT2D eigenvalue weighted by Crippen LogP contribution is 2.35. The van der Waals surface area contributed by atoms with Crippen LogP contribution >= 0.6 is 0 Å². The van der Waals surface area contributed by atoms with Gasteiger partial charge in [-0.1, -0.05) is 24.6 Å². The first-order valence-electron chi connectivity index (χ1n) is 10.2. The van der Waals surface area contributed by atoms with Gasteiger partial charge < -0.3 is 0 Å². The van der Waals surface area contributed by atoms with Crippen LogP contribution in [0.2, 0.25) is 0 Å². The Balaban J connectivity index is 1.84. The first-order chi connectivity index (χ1) is 14.3. The molecule has 2 aromatic rings. The number of aryl methyl sites for hydroxylation is 1. The van der Waals surface area contributed by atoms with Gasteiger partial charge in [0.2, 0.25) is 0 Å². The molecule has 1 amide bonds. The number of carbonyl (C=O) groups is 1. The molecule has 158 valence electrons. The SMILES string of the molecule is Cc1cc[nH+]c(N[C@]2(C(F)(F)F)[NH+]=C(c3ccccc3)N(C3CCCCC3)C2=O)c1. The van der Waals surface area contributed by atoms with E-state index in [1.54, 1.807) is 55.6 Å². The molecule has 0 spiro atoms. The monoisotopic (exact) mass is 418 g/mol. The number of benzene rings is 1. The van der Waals surface area contributed by atoms with Crippen LogP contribution in [-0.2, 0) is 4.79 Å². The zero-order valence-corrected chi connectivity index (χ0v) is 16.7. The van der Waals surface area contributed by atoms with Crippen molar-refractivity contribution in [1.29, 1.82) is 0 Å². The predicted molar refractivity (Wildman–Crippen MR) is 105 cm³/mol. The zero-order valence-electron chi connectivity index (χ0n) is 16.7. The van der Waals surface area contributed by atoms with Crippen LogP contribution in [0.4, 0.5) is 19.0 Å². The molecule has 1 aliphatic heterocycles. The van der Waals surface area contributed by atoms with Gasteiger partial charge in [-0.3, -0.25) is 0 Å². The summed E-state index contributed by atoms with van der Waals surface area (Å²) in [6.45, 7) is 1.78. The highest BCUT2D eigenvalue weighted by Gasteiger charge is 2.76. The second-order valence-electron chi connectivity index (χ2n) is 7.96. The molecule has 1 fully saturated rings. The van der Waals surface area contributed by atoms with E-state index in [9.17, 15) is 18.0 Å². The van der Waals surface area contributed by atoms with Crippen molar-refractivity contribution in [3.8, 4) is 0 Å². The Morgan fingerprint density at radius 2 is 1.80 bits per heavy atom. The number of hydrogen-bond donors (Lipinski definition) is 2. The highest BCUT2D eigenvalue weighted by atomic mass is 19.4. The van der Waals surface area contributed by atoms with Crippen LogP contribution in [0.15, 0.2) is 48.7 Å². The fourth-order valence-electron chi connectivity index (χ4n) is 4.27. The summed E-state index contributed by atoms with van der Waals surface area (Å²) in [5.41, 5.74) is -1.62. The van der Waals surface area contributed by atoms with Crippen molar-refractivity contribution >= 4 is 17.6 Å². The third kappa shape index (κ3) is 3.55. The topological polar surface area (TPSA) is 60.5 Å². The molecule has 30 heavy (non-hydrogen) atoms. The van der Waals surface area contributed by atoms with Gasteiger partial charge in [-0.2, -0.15) is 18.1 Å². The number of amidine groups is 1. The van der Waals surface area contributed by atoms with Crippen molar-refractivity contribution in [3.05, 3.63) is 59.8 Å². The molecule has 2 heterocycles. The van der Waals surface area contributed by atoms with Gasteiger partial charge in [0.1, 0.15) is 6.04 Å². The Kier molecular flexibility index (Phi) is 5.26. The minimum absolute atomic E-state index is 0.117. The molecule has 2 aliphatic rings. The molecule has 1 saturated carbocycles. The highest BCUT2D eigenvalue weighted by molar-refractivity contribution is 6.11. The first kappa shape index (κ1) is 20.4. The second kappa shape index (κ2) is 7.74. The van der Waals surface area contributed by atoms with E-state index in [0.29, 0.717) is 18.4 Å². The van der Waals surface area contributed by atoms with Gasteiger partial charge in [0.15, 0.2) is 0 Å². The van der Waals surface area contributed by atoms with Gasteiger partial charge in [0.25, 0.3) is 11.7 Å². The smallest absolute Gasteiger partial charge is 0.248 e. The third-order valence-electron chi connectivity index (χ3n) is 5.78. The number of anilines is 1. The predicted octanol–water partition coefficient (Wildman–Crippen LogP) is 2.18. The maximum absolute atomic E-state index is 14.5. The maximum Gasteiger partial charge on any atom is 0.488 e. The molecular formula is C22H25F3N4O+2. The Morgan fingerprint density at radius 3 is 2.43 bits per heavy atom. The summed E-state index contributed by atoms with van der Waals surface area (Å²) in [4.78, 5) is 20.2. The van der Waals surface area contributed by atoms with Crippen molar-refractivity contribution in [2.24, 2.45) is 0 Å². The number of aromatic nitrogens is 1. The Bertz CT molecular complexity index is 954. The molecule has 0 radical (unpaired) electrons. The summed E-state index contributed by atoms with van der Waals surface area (Å²) >= 11 is 0. The molecule has 4 rings (SSSR count). The van der Waals surface area contributed by atoms with Gasteiger partial charge >= 0.3 is 17.7 Å². The van der Waals surface area contributed by atoms with Crippen LogP contribution in [0.3, 0.4) is 0 Å². The minimum atomic E-state index is -4.87. The van der Waals surface area contributed by atoms with Crippen LogP contribution in [-0.4, -0.2) is 34.5 Å². The standard InChI is InChI=1S/C22H23F3N4O/c1-15-12-13-26-18(14-15)27-21(22(23,24)25)20(30)29(17-10-6-3-7-11-17)19(28-21)16-8-4-2-5-9-16/h2,4-5,8-9,12-14,17H,3,6-7,10-11H2,1H3,(H,26,27)/p+2/t21-/m0/s1. The maximum atomic E-state index is 14.5. The van der Waals surface area contributed by atoms with E-state index in [-0.39, 0.29) is 17.7 Å². The second-order valence-corrected chi connectivity index (χ2v) is 7.96. The van der Waals surface area contributed by atoms with Crippen molar-refractivity contribution in [2.45, 2.75) is 56.9 Å². The van der Waals surface area contributed by atoms with Crippen LogP contribution in [0.1, 0.15) is 43.2 Å². The number of halogens is 3. The fraction of sp³-hybridized carbons (Fsp3) is 0.409. The number of amides is 1. The third-order valence-corrected chi connectivity index (χ3v) is 5.78. The summed E-state index contributed by atoms with van der Waals surface area (Å²) in [5, 5.41) is 2.45. The van der Waals surface area contributed by atoms with Crippen molar-refractivity contribution < 1.29 is 27.9 Å². The summed E-state index contributed by atoms with van der Waals surface area (Å²) in [5.74, 6) is -0.702. The van der Waals surface area contributed by atoms with E-state index < -0.39 is 17.7 Å². The number of pyridine rings is 1. The van der Waals surface area contributed by atoms with Crippen LogP contribution in [0, 0.1) is 6.92 Å². The van der Waals surface area contributed by atoms with Crippen LogP contribution in [0.25, 0.3) is 0 Å². The normalized spacial score (nSPS) is 22.9. The summed E-state index contributed by atoms with van der Waals surface area (Å²) in [7, 11) is 0. The molecule has 3 N–H and O–H groups in total. The van der Waals surface area contributed by atoms with Gasteiger partial charge in [-0.05, 0) is 56.4 Å². The molecule has 8 heteroatoms. The lowest BCUT2D eigenvalue weighted by molar-refractivity contribution is -0.568. The zero-order chi connectivity index (χ0) is 21.4. The van der Waals surface area contributed by atoms with E-state index in [4.69, 9.17) is 0 Å². The van der Waals surface area contributed by atoms with Gasteiger partial charge in [0, 0.05) is 6.07 Å². The van der Waals surface area contributed by atoms with Gasteiger partial charge in [-0.15, -0.1) is 0 Å². The van der Waals surface area contributed by atoms with Crippen molar-refractivity contribution in [1.82, 2.24) is 4.90 Å². The molecular weight excluding hydrogens is 393 g/mol. The van der Waals surface area contributed by atoms with Crippen molar-refractivity contribution in [2.75, 3.05) is 5.32 Å². The summed E-state index contributed by atoms with van der Waals surface area (Å²) < 4.78 is 43.4.